The number of aliphatic hydroxyl groups excluding tert-OH is 1. The molecule has 2 nitrogen and oxygen atoms in total. The summed E-state index contributed by atoms with van der Waals surface area (Å²) in [5, 5.41) is 10.2. The van der Waals surface area contributed by atoms with Gasteiger partial charge in [-0.2, -0.15) is 0 Å². The lowest BCUT2D eigenvalue weighted by Crippen LogP contribution is -2.46. The molecule has 2 atom stereocenters. The molecule has 1 aliphatic carbocycles. The number of nitrogens with zero attached hydrogens (tertiary/aromatic N) is 1. The minimum Gasteiger partial charge on any atom is -0.391 e. The number of hydrogen-bond acceptors (Lipinski definition) is 2. The lowest BCUT2D eigenvalue weighted by atomic mass is 9.90. The van der Waals surface area contributed by atoms with Gasteiger partial charge in [-0.15, -0.1) is 0 Å². The zero-order valence-corrected chi connectivity index (χ0v) is 12.9. The minimum absolute atomic E-state index is 0.0851. The third-order valence-electron chi connectivity index (χ3n) is 4.15. The maximum Gasteiger partial charge on any atom is 0.0695 e. The van der Waals surface area contributed by atoms with Crippen molar-refractivity contribution in [1.82, 2.24) is 4.90 Å². The SMILES string of the molecule is CC(C)CCN(CCC(C)C)[C@H]1CCCC[C@@H]1O. The molecule has 0 saturated heterocycles. The van der Waals surface area contributed by atoms with E-state index in [-0.39, 0.29) is 6.10 Å². The van der Waals surface area contributed by atoms with E-state index in [0.29, 0.717) is 6.04 Å². The van der Waals surface area contributed by atoms with Crippen LogP contribution in [0.25, 0.3) is 0 Å². The van der Waals surface area contributed by atoms with Crippen LogP contribution in [0.15, 0.2) is 0 Å². The van der Waals surface area contributed by atoms with Gasteiger partial charge >= 0.3 is 0 Å². The third-order valence-corrected chi connectivity index (χ3v) is 4.15. The molecule has 0 unspecified atom stereocenters. The van der Waals surface area contributed by atoms with E-state index in [0.717, 1.165) is 31.3 Å². The summed E-state index contributed by atoms with van der Waals surface area (Å²) in [6, 6.07) is 0.427. The Balaban J connectivity index is 2.50. The van der Waals surface area contributed by atoms with E-state index in [2.05, 4.69) is 32.6 Å². The second-order valence-corrected chi connectivity index (χ2v) is 6.82. The van der Waals surface area contributed by atoms with Gasteiger partial charge in [-0.1, -0.05) is 40.5 Å². The Morgan fingerprint density at radius 3 is 1.89 bits per heavy atom. The molecule has 1 saturated carbocycles. The molecule has 108 valence electrons. The van der Waals surface area contributed by atoms with Crippen molar-refractivity contribution in [3.05, 3.63) is 0 Å². The number of hydrogen-bond donors (Lipinski definition) is 1. The van der Waals surface area contributed by atoms with Crippen molar-refractivity contribution in [3.63, 3.8) is 0 Å². The quantitative estimate of drug-likeness (QED) is 0.750. The fraction of sp³-hybridized carbons (Fsp3) is 1.00. The van der Waals surface area contributed by atoms with Crippen molar-refractivity contribution in [2.75, 3.05) is 13.1 Å². The molecule has 0 bridgehead atoms. The largest absolute Gasteiger partial charge is 0.391 e. The molecule has 0 aromatic rings. The summed E-state index contributed by atoms with van der Waals surface area (Å²) in [6.45, 7) is 11.5. The van der Waals surface area contributed by atoms with Gasteiger partial charge in [0.05, 0.1) is 6.10 Å². The van der Waals surface area contributed by atoms with Crippen LogP contribution in [0.4, 0.5) is 0 Å². The second-order valence-electron chi connectivity index (χ2n) is 6.82. The van der Waals surface area contributed by atoms with Crippen LogP contribution < -0.4 is 0 Å². The molecule has 2 heteroatoms. The Morgan fingerprint density at radius 2 is 1.44 bits per heavy atom. The lowest BCUT2D eigenvalue weighted by molar-refractivity contribution is 0.0157. The molecule has 0 aromatic carbocycles. The maximum atomic E-state index is 10.2. The van der Waals surface area contributed by atoms with Gasteiger partial charge in [0.2, 0.25) is 0 Å². The molecule has 1 fully saturated rings. The van der Waals surface area contributed by atoms with Crippen LogP contribution in [0.1, 0.15) is 66.2 Å². The Bertz CT molecular complexity index is 203. The fourth-order valence-electron chi connectivity index (χ4n) is 2.81. The predicted octanol–water partition coefficient (Wildman–Crippen LogP) is 3.68. The summed E-state index contributed by atoms with van der Waals surface area (Å²) in [7, 11) is 0. The number of aliphatic hydroxyl groups is 1. The van der Waals surface area contributed by atoms with E-state index in [1.807, 2.05) is 0 Å². The lowest BCUT2D eigenvalue weighted by Gasteiger charge is -2.38. The van der Waals surface area contributed by atoms with E-state index in [1.54, 1.807) is 0 Å². The first kappa shape index (κ1) is 16.0. The zero-order chi connectivity index (χ0) is 13.5. The van der Waals surface area contributed by atoms with E-state index < -0.39 is 0 Å². The van der Waals surface area contributed by atoms with Gasteiger partial charge in [-0.05, 0) is 50.6 Å². The summed E-state index contributed by atoms with van der Waals surface area (Å²) in [6.07, 6.45) is 7.12. The normalized spacial score (nSPS) is 25.3. The molecule has 1 N–H and O–H groups in total. The van der Waals surface area contributed by atoms with E-state index in [4.69, 9.17) is 0 Å². The highest BCUT2D eigenvalue weighted by atomic mass is 16.3. The van der Waals surface area contributed by atoms with Crippen molar-refractivity contribution >= 4 is 0 Å². The van der Waals surface area contributed by atoms with E-state index in [1.165, 1.54) is 32.1 Å². The highest BCUT2D eigenvalue weighted by Gasteiger charge is 2.28. The Hall–Kier alpha value is -0.0800. The van der Waals surface area contributed by atoms with Crippen LogP contribution in [0.3, 0.4) is 0 Å². The van der Waals surface area contributed by atoms with Crippen molar-refractivity contribution in [2.45, 2.75) is 78.4 Å². The van der Waals surface area contributed by atoms with Crippen LogP contribution in [0.5, 0.6) is 0 Å². The van der Waals surface area contributed by atoms with Gasteiger partial charge in [0.25, 0.3) is 0 Å². The van der Waals surface area contributed by atoms with Crippen molar-refractivity contribution in [2.24, 2.45) is 11.8 Å². The van der Waals surface area contributed by atoms with Crippen LogP contribution >= 0.6 is 0 Å². The Morgan fingerprint density at radius 1 is 0.944 bits per heavy atom. The summed E-state index contributed by atoms with van der Waals surface area (Å²) in [5.41, 5.74) is 0. The van der Waals surface area contributed by atoms with Gasteiger partial charge in [-0.3, -0.25) is 4.90 Å². The predicted molar refractivity (Wildman–Crippen MR) is 78.7 cm³/mol. The van der Waals surface area contributed by atoms with Crippen LogP contribution in [-0.4, -0.2) is 35.2 Å². The molecule has 1 aliphatic rings. The minimum atomic E-state index is -0.0851. The van der Waals surface area contributed by atoms with Crippen LogP contribution in [0, 0.1) is 11.8 Å². The molecule has 1 rings (SSSR count). The fourth-order valence-corrected chi connectivity index (χ4v) is 2.81. The molecule has 0 amide bonds. The molecule has 0 spiro atoms. The average molecular weight is 255 g/mol. The van der Waals surface area contributed by atoms with Crippen molar-refractivity contribution < 1.29 is 5.11 Å². The molecular formula is C16H33NO. The van der Waals surface area contributed by atoms with Gasteiger partial charge < -0.3 is 5.11 Å². The summed E-state index contributed by atoms with van der Waals surface area (Å²) in [4.78, 5) is 2.57. The first-order valence-corrected chi connectivity index (χ1v) is 7.92. The molecule has 0 aromatic heterocycles. The molecular weight excluding hydrogens is 222 g/mol. The second kappa shape index (κ2) is 8.16. The van der Waals surface area contributed by atoms with Crippen molar-refractivity contribution in [1.29, 1.82) is 0 Å². The average Bonchev–Trinajstić information content (AvgIpc) is 2.30. The van der Waals surface area contributed by atoms with Gasteiger partial charge in [0, 0.05) is 6.04 Å². The third kappa shape index (κ3) is 5.71. The Labute approximate surface area is 114 Å². The standard InChI is InChI=1S/C16H33NO/c1-13(2)9-11-17(12-10-14(3)4)15-7-5-6-8-16(15)18/h13-16,18H,5-12H2,1-4H3/t15-,16-/m0/s1. The first-order chi connectivity index (χ1) is 8.50. The topological polar surface area (TPSA) is 23.5 Å². The smallest absolute Gasteiger partial charge is 0.0695 e. The summed E-state index contributed by atoms with van der Waals surface area (Å²) in [5.74, 6) is 1.51. The number of rotatable bonds is 7. The monoisotopic (exact) mass is 255 g/mol. The van der Waals surface area contributed by atoms with E-state index in [9.17, 15) is 5.11 Å². The summed E-state index contributed by atoms with van der Waals surface area (Å²) >= 11 is 0. The van der Waals surface area contributed by atoms with E-state index >= 15 is 0 Å². The van der Waals surface area contributed by atoms with Gasteiger partial charge in [0.1, 0.15) is 0 Å². The van der Waals surface area contributed by atoms with Crippen LogP contribution in [-0.2, 0) is 0 Å². The van der Waals surface area contributed by atoms with Gasteiger partial charge in [0.15, 0.2) is 0 Å². The maximum absolute atomic E-state index is 10.2. The molecule has 0 aliphatic heterocycles. The Kier molecular flexibility index (Phi) is 7.25. The van der Waals surface area contributed by atoms with Crippen LogP contribution in [0.2, 0.25) is 0 Å². The molecule has 18 heavy (non-hydrogen) atoms. The first-order valence-electron chi connectivity index (χ1n) is 7.92. The molecule has 0 heterocycles. The van der Waals surface area contributed by atoms with Gasteiger partial charge in [-0.25, -0.2) is 0 Å². The highest BCUT2D eigenvalue weighted by Crippen LogP contribution is 2.24. The highest BCUT2D eigenvalue weighted by molar-refractivity contribution is 4.83. The van der Waals surface area contributed by atoms with Crippen molar-refractivity contribution in [3.8, 4) is 0 Å². The zero-order valence-electron chi connectivity index (χ0n) is 12.9. The summed E-state index contributed by atoms with van der Waals surface area (Å²) < 4.78 is 0. The molecule has 0 radical (unpaired) electrons.